The molecule has 0 saturated heterocycles. The second-order valence-electron chi connectivity index (χ2n) is 7.88. The van der Waals surface area contributed by atoms with Crippen molar-refractivity contribution in [3.05, 3.63) is 68.9 Å². The molecule has 0 aliphatic heterocycles. The van der Waals surface area contributed by atoms with Gasteiger partial charge < -0.3 is 14.4 Å². The molecule has 2 aromatic heterocycles. The third-order valence-electron chi connectivity index (χ3n) is 5.77. The normalized spacial score (nSPS) is 13.3. The van der Waals surface area contributed by atoms with E-state index in [1.54, 1.807) is 41.8 Å². The van der Waals surface area contributed by atoms with Gasteiger partial charge in [0, 0.05) is 28.0 Å². The SMILES string of the molecule is CCOC(=O)c1c(-n2c(C)cc(C=Nc3ccc(C(=O)O)cc3)c2C)sc2c1CCCC2. The number of rotatable bonds is 6. The molecule has 0 unspecified atom stereocenters. The Bertz CT molecular complexity index is 1200. The van der Waals surface area contributed by atoms with Crippen molar-refractivity contribution in [1.82, 2.24) is 4.57 Å². The number of aromatic nitrogens is 1. The van der Waals surface area contributed by atoms with Gasteiger partial charge in [0.25, 0.3) is 0 Å². The Balaban J connectivity index is 1.73. The van der Waals surface area contributed by atoms with Crippen molar-refractivity contribution < 1.29 is 19.4 Å². The molecule has 0 saturated carbocycles. The number of carbonyl (C=O) groups is 2. The number of fused-ring (bicyclic) bond motifs is 1. The van der Waals surface area contributed by atoms with Crippen LogP contribution in [0.1, 0.15) is 67.9 Å². The first-order chi connectivity index (χ1) is 15.4. The summed E-state index contributed by atoms with van der Waals surface area (Å²) in [6.07, 6.45) is 5.95. The van der Waals surface area contributed by atoms with E-state index in [1.807, 2.05) is 20.8 Å². The Morgan fingerprint density at radius 1 is 1.19 bits per heavy atom. The van der Waals surface area contributed by atoms with Gasteiger partial charge in [-0.2, -0.15) is 0 Å². The number of aromatic carboxylic acids is 1. The van der Waals surface area contributed by atoms with E-state index in [2.05, 4.69) is 15.6 Å². The molecule has 1 N–H and O–H groups in total. The minimum Gasteiger partial charge on any atom is -0.478 e. The predicted octanol–water partition coefficient (Wildman–Crippen LogP) is 5.66. The highest BCUT2D eigenvalue weighted by Gasteiger charge is 2.28. The highest BCUT2D eigenvalue weighted by atomic mass is 32.1. The van der Waals surface area contributed by atoms with Crippen LogP contribution in [0, 0.1) is 13.8 Å². The summed E-state index contributed by atoms with van der Waals surface area (Å²) in [6, 6.07) is 8.51. The van der Waals surface area contributed by atoms with Crippen LogP contribution < -0.4 is 0 Å². The predicted molar refractivity (Wildman–Crippen MR) is 126 cm³/mol. The molecule has 2 heterocycles. The van der Waals surface area contributed by atoms with Gasteiger partial charge in [-0.3, -0.25) is 4.99 Å². The third kappa shape index (κ3) is 4.12. The molecule has 0 bridgehead atoms. The molecule has 32 heavy (non-hydrogen) atoms. The number of ether oxygens (including phenoxy) is 1. The minimum atomic E-state index is -0.958. The maximum atomic E-state index is 12.9. The number of aliphatic imine (C=N–C) groups is 1. The van der Waals surface area contributed by atoms with Crippen LogP contribution in [0.5, 0.6) is 0 Å². The van der Waals surface area contributed by atoms with Gasteiger partial charge in [0.1, 0.15) is 5.00 Å². The fourth-order valence-electron chi connectivity index (χ4n) is 4.19. The number of carbonyl (C=O) groups excluding carboxylic acids is 1. The molecule has 0 amide bonds. The molecule has 0 spiro atoms. The van der Waals surface area contributed by atoms with Gasteiger partial charge in [0.05, 0.1) is 23.4 Å². The van der Waals surface area contributed by atoms with Crippen LogP contribution in [-0.4, -0.2) is 34.4 Å². The van der Waals surface area contributed by atoms with Crippen LogP contribution in [0.4, 0.5) is 5.69 Å². The maximum absolute atomic E-state index is 12.9. The summed E-state index contributed by atoms with van der Waals surface area (Å²) in [5.74, 6) is -1.21. The van der Waals surface area contributed by atoms with E-state index < -0.39 is 5.97 Å². The molecule has 0 fully saturated rings. The number of aryl methyl sites for hydroxylation is 2. The Morgan fingerprint density at radius 3 is 2.59 bits per heavy atom. The van der Waals surface area contributed by atoms with E-state index in [0.717, 1.165) is 53.2 Å². The van der Waals surface area contributed by atoms with Gasteiger partial charge >= 0.3 is 11.9 Å². The molecule has 3 aromatic rings. The summed E-state index contributed by atoms with van der Waals surface area (Å²) in [6.45, 7) is 6.24. The summed E-state index contributed by atoms with van der Waals surface area (Å²) in [7, 11) is 0. The molecule has 7 heteroatoms. The first kappa shape index (κ1) is 22.0. The van der Waals surface area contributed by atoms with Gasteiger partial charge in [-0.1, -0.05) is 0 Å². The Labute approximate surface area is 191 Å². The lowest BCUT2D eigenvalue weighted by Gasteiger charge is -2.13. The average molecular weight is 451 g/mol. The van der Waals surface area contributed by atoms with Crippen molar-refractivity contribution in [2.75, 3.05) is 6.61 Å². The number of benzene rings is 1. The first-order valence-electron chi connectivity index (χ1n) is 10.8. The van der Waals surface area contributed by atoms with Gasteiger partial charge in [0.15, 0.2) is 0 Å². The number of carboxylic acid groups (broad SMARTS) is 1. The minimum absolute atomic E-state index is 0.232. The van der Waals surface area contributed by atoms with E-state index in [4.69, 9.17) is 9.84 Å². The van der Waals surface area contributed by atoms with E-state index in [0.29, 0.717) is 17.9 Å². The molecule has 166 valence electrons. The second-order valence-corrected chi connectivity index (χ2v) is 8.97. The van der Waals surface area contributed by atoms with Crippen molar-refractivity contribution in [3.63, 3.8) is 0 Å². The largest absolute Gasteiger partial charge is 0.478 e. The standard InChI is InChI=1S/C25H26N2O4S/c1-4-31-25(30)22-20-7-5-6-8-21(20)32-23(22)27-15(2)13-18(16(27)3)14-26-19-11-9-17(10-12-19)24(28)29/h9-14H,4-8H2,1-3H3,(H,28,29). The zero-order chi connectivity index (χ0) is 22.8. The van der Waals surface area contributed by atoms with Crippen molar-refractivity contribution in [2.24, 2.45) is 4.99 Å². The van der Waals surface area contributed by atoms with Crippen LogP contribution in [0.25, 0.3) is 5.00 Å². The number of carboxylic acids is 1. The molecule has 0 atom stereocenters. The Hall–Kier alpha value is -3.19. The second kappa shape index (κ2) is 9.12. The number of hydrogen-bond acceptors (Lipinski definition) is 5. The molecule has 1 aromatic carbocycles. The molecular weight excluding hydrogens is 424 g/mol. The summed E-state index contributed by atoms with van der Waals surface area (Å²) in [5, 5.41) is 9.97. The summed E-state index contributed by atoms with van der Waals surface area (Å²) in [4.78, 5) is 29.7. The van der Waals surface area contributed by atoms with Gasteiger partial charge in [0.2, 0.25) is 0 Å². The van der Waals surface area contributed by atoms with E-state index >= 15 is 0 Å². The number of nitrogens with zero attached hydrogens (tertiary/aromatic N) is 2. The molecule has 1 aliphatic rings. The lowest BCUT2D eigenvalue weighted by Crippen LogP contribution is -2.12. The zero-order valence-electron chi connectivity index (χ0n) is 18.5. The van der Waals surface area contributed by atoms with Gasteiger partial charge in [-0.15, -0.1) is 11.3 Å². The third-order valence-corrected chi connectivity index (χ3v) is 7.05. The maximum Gasteiger partial charge on any atom is 0.341 e. The molecule has 1 aliphatic carbocycles. The van der Waals surface area contributed by atoms with Crippen LogP contribution in [0.3, 0.4) is 0 Å². The summed E-state index contributed by atoms with van der Waals surface area (Å²) < 4.78 is 7.55. The Kier molecular flexibility index (Phi) is 6.28. The van der Waals surface area contributed by atoms with Crippen LogP contribution in [0.2, 0.25) is 0 Å². The van der Waals surface area contributed by atoms with Crippen molar-refractivity contribution in [3.8, 4) is 5.00 Å². The van der Waals surface area contributed by atoms with Crippen molar-refractivity contribution in [1.29, 1.82) is 0 Å². The zero-order valence-corrected chi connectivity index (χ0v) is 19.3. The van der Waals surface area contributed by atoms with E-state index in [-0.39, 0.29) is 11.5 Å². The van der Waals surface area contributed by atoms with Gasteiger partial charge in [-0.25, -0.2) is 9.59 Å². The summed E-state index contributed by atoms with van der Waals surface area (Å²) >= 11 is 1.69. The topological polar surface area (TPSA) is 80.9 Å². The fourth-order valence-corrected chi connectivity index (χ4v) is 5.68. The van der Waals surface area contributed by atoms with E-state index in [9.17, 15) is 9.59 Å². The molecule has 4 rings (SSSR count). The first-order valence-corrected chi connectivity index (χ1v) is 11.6. The van der Waals surface area contributed by atoms with Gasteiger partial charge in [-0.05, 0) is 82.3 Å². The quantitative estimate of drug-likeness (QED) is 0.388. The van der Waals surface area contributed by atoms with E-state index in [1.165, 1.54) is 4.88 Å². The van der Waals surface area contributed by atoms with Crippen molar-refractivity contribution >= 4 is 35.2 Å². The summed E-state index contributed by atoms with van der Waals surface area (Å²) in [5.41, 5.74) is 5.74. The highest BCUT2D eigenvalue weighted by Crippen LogP contribution is 2.39. The average Bonchev–Trinajstić information content (AvgIpc) is 3.29. The lowest BCUT2D eigenvalue weighted by atomic mass is 9.95. The van der Waals surface area contributed by atoms with Crippen LogP contribution >= 0.6 is 11.3 Å². The number of esters is 1. The monoisotopic (exact) mass is 450 g/mol. The number of thiophene rings is 1. The Morgan fingerprint density at radius 2 is 1.91 bits per heavy atom. The molecular formula is C25H26N2O4S. The van der Waals surface area contributed by atoms with Crippen LogP contribution in [0.15, 0.2) is 35.3 Å². The molecule has 0 radical (unpaired) electrons. The van der Waals surface area contributed by atoms with Crippen LogP contribution in [-0.2, 0) is 17.6 Å². The lowest BCUT2D eigenvalue weighted by molar-refractivity contribution is 0.0525. The molecule has 6 nitrogen and oxygen atoms in total. The highest BCUT2D eigenvalue weighted by molar-refractivity contribution is 7.15. The van der Waals surface area contributed by atoms with Crippen molar-refractivity contribution in [2.45, 2.75) is 46.5 Å². The number of hydrogen-bond donors (Lipinski definition) is 1. The smallest absolute Gasteiger partial charge is 0.341 e. The fraction of sp³-hybridized carbons (Fsp3) is 0.320.